The predicted octanol–water partition coefficient (Wildman–Crippen LogP) is 12.2. The molecule has 0 radical (unpaired) electrons. The zero-order chi connectivity index (χ0) is 79.7. The van der Waals surface area contributed by atoms with E-state index < -0.39 is 71.3 Å². The van der Waals surface area contributed by atoms with Gasteiger partial charge in [-0.1, -0.05) is 71.1 Å². The fourth-order valence-corrected chi connectivity index (χ4v) is 12.5. The van der Waals surface area contributed by atoms with Gasteiger partial charge in [-0.05, 0) is 226 Å². The molecule has 0 aliphatic heterocycles. The number of aromatic nitrogens is 6. The molecule has 588 valence electrons. The number of para-hydroxylation sites is 2. The summed E-state index contributed by atoms with van der Waals surface area (Å²) in [6, 6.07) is 31.6. The van der Waals surface area contributed by atoms with E-state index in [1.54, 1.807) is 99.4 Å². The summed E-state index contributed by atoms with van der Waals surface area (Å²) in [5.74, 6) is 1.73. The maximum absolute atomic E-state index is 13.4. The van der Waals surface area contributed by atoms with E-state index in [2.05, 4.69) is 103 Å². The lowest BCUT2D eigenvalue weighted by Gasteiger charge is -2.25. The molecular formula is C84H106N10O16. The van der Waals surface area contributed by atoms with E-state index in [1.807, 2.05) is 67.8 Å². The van der Waals surface area contributed by atoms with Crippen LogP contribution in [-0.2, 0) is 103 Å². The molecule has 6 aromatic carbocycles. The van der Waals surface area contributed by atoms with Crippen LogP contribution in [0.2, 0.25) is 0 Å². The number of amides is 4. The third kappa shape index (κ3) is 24.4. The first-order valence-electron chi connectivity index (χ1n) is 37.3. The molecule has 1 aliphatic carbocycles. The largest absolute Gasteiger partial charge is 0.490 e. The standard InChI is InChI=1S/C84H106N10O16/c1-49(2)105-73-59-21-19-22-60(73)40-64-34-58(44-94-46-68(90-92-94)48-104-70-31-27-56(28-32-70)38-72(88-82(100)110-84(14,15)16)78(96)86-54(10)80(98)102-18)36-66(76(64)108-52(7)8)42-62-24-20-23-61(74(62)106-50(3)4)41-65-35-57(33-63(39-59)75(65)107-51(5)6)43-93-45-67(89-91-93)47-103-69-29-25-55(26-30-69)37-71(87-81(99)109-83(11,12)13)77(95)85-53(9)79(97)101-17/h19-36,45-46,49-54,71-72H,37-44,47-48H2,1-18H3,(H,85,95)(H,86,96)(H,87,99)(H,88,100)/t53-,54-,71-,72-/m0/s1. The summed E-state index contributed by atoms with van der Waals surface area (Å²) in [6.07, 6.45) is 3.41. The monoisotopic (exact) mass is 1510 g/mol. The maximum Gasteiger partial charge on any atom is 0.408 e. The average molecular weight is 1510 g/mol. The molecule has 26 heteroatoms. The second kappa shape index (κ2) is 37.3. The normalized spacial score (nSPS) is 13.3. The van der Waals surface area contributed by atoms with Gasteiger partial charge in [-0.25, -0.2) is 28.5 Å². The van der Waals surface area contributed by atoms with Crippen LogP contribution in [-0.4, -0.2) is 140 Å². The first-order valence-corrected chi connectivity index (χ1v) is 37.3. The van der Waals surface area contributed by atoms with Gasteiger partial charge in [0.05, 0.1) is 64.1 Å². The Hall–Kier alpha value is -11.2. The topological polar surface area (TPSA) is 304 Å². The number of alkyl carbamates (subject to hydrolysis) is 2. The summed E-state index contributed by atoms with van der Waals surface area (Å²) in [5, 5.41) is 28.8. The molecular weight excluding hydrogens is 1400 g/mol. The zero-order valence-corrected chi connectivity index (χ0v) is 66.5. The van der Waals surface area contributed by atoms with Gasteiger partial charge >= 0.3 is 24.1 Å². The van der Waals surface area contributed by atoms with E-state index in [1.165, 1.54) is 28.1 Å². The number of ether oxygens (including phenoxy) is 10. The van der Waals surface area contributed by atoms with E-state index in [0.717, 1.165) is 78.6 Å². The fourth-order valence-electron chi connectivity index (χ4n) is 12.5. The van der Waals surface area contributed by atoms with Crippen molar-refractivity contribution in [1.82, 2.24) is 51.3 Å². The van der Waals surface area contributed by atoms with E-state index >= 15 is 0 Å². The molecule has 26 nitrogen and oxygen atoms in total. The van der Waals surface area contributed by atoms with Gasteiger partial charge in [0.1, 0.15) is 94.5 Å². The van der Waals surface area contributed by atoms with Crippen LogP contribution in [0.25, 0.3) is 0 Å². The molecule has 0 saturated carbocycles. The third-order valence-corrected chi connectivity index (χ3v) is 17.1. The number of rotatable bonds is 30. The molecule has 1 aliphatic rings. The van der Waals surface area contributed by atoms with Crippen LogP contribution in [0.4, 0.5) is 9.59 Å². The summed E-state index contributed by atoms with van der Waals surface area (Å²) in [5.41, 5.74) is 10.6. The molecule has 8 bridgehead atoms. The number of nitrogens with one attached hydrogen (secondary N) is 4. The van der Waals surface area contributed by atoms with Gasteiger partial charge in [0, 0.05) is 38.5 Å². The van der Waals surface area contributed by atoms with E-state index in [9.17, 15) is 28.8 Å². The highest BCUT2D eigenvalue weighted by Gasteiger charge is 2.31. The van der Waals surface area contributed by atoms with Crippen LogP contribution in [0.5, 0.6) is 34.5 Å². The summed E-state index contributed by atoms with van der Waals surface area (Å²) < 4.78 is 64.4. The lowest BCUT2D eigenvalue weighted by atomic mass is 9.89. The van der Waals surface area contributed by atoms with Gasteiger partial charge in [0.25, 0.3) is 0 Å². The van der Waals surface area contributed by atoms with Crippen molar-refractivity contribution in [3.63, 3.8) is 0 Å². The Morgan fingerprint density at radius 3 is 0.991 bits per heavy atom. The van der Waals surface area contributed by atoms with Crippen LogP contribution in [0.15, 0.2) is 122 Å². The molecule has 4 amide bonds. The third-order valence-electron chi connectivity index (χ3n) is 17.1. The lowest BCUT2D eigenvalue weighted by molar-refractivity contribution is -0.145. The average Bonchev–Trinajstić information content (AvgIpc) is 0.802. The van der Waals surface area contributed by atoms with Crippen LogP contribution >= 0.6 is 0 Å². The van der Waals surface area contributed by atoms with Crippen molar-refractivity contribution in [2.24, 2.45) is 0 Å². The molecule has 4 N–H and O–H groups in total. The highest BCUT2D eigenvalue weighted by atomic mass is 16.6. The number of carbonyl (C=O) groups excluding carboxylic acids is 6. The molecule has 4 atom stereocenters. The number of hydrogen-bond acceptors (Lipinski definition) is 20. The number of methoxy groups -OCH3 is 2. The van der Waals surface area contributed by atoms with Crippen LogP contribution < -0.4 is 49.7 Å². The van der Waals surface area contributed by atoms with Gasteiger partial charge in [-0.2, -0.15) is 0 Å². The molecule has 0 unspecified atom stereocenters. The second-order valence-electron chi connectivity index (χ2n) is 30.7. The van der Waals surface area contributed by atoms with Crippen molar-refractivity contribution in [1.29, 1.82) is 0 Å². The number of fused-ring (bicyclic) bond motifs is 8. The van der Waals surface area contributed by atoms with Crippen molar-refractivity contribution in [3.8, 4) is 34.5 Å². The highest BCUT2D eigenvalue weighted by molar-refractivity contribution is 5.90. The van der Waals surface area contributed by atoms with E-state index in [4.69, 9.17) is 47.4 Å². The predicted molar refractivity (Wildman–Crippen MR) is 413 cm³/mol. The molecule has 9 rings (SSSR count). The Balaban J connectivity index is 0.987. The Morgan fingerprint density at radius 2 is 0.709 bits per heavy atom. The SMILES string of the molecule is COC(=O)[C@H](C)NC(=O)[C@H](Cc1ccc(OCc2cn(Cc3cc4c(OC(C)C)c(c3)Cc3cccc(c3OC(C)C)Cc3cc(Cn5cc(COc6ccc(C[C@H](NC(=O)OC(C)(C)C)C(=O)N[C@@H](C)C(=O)OC)cc6)nn5)cc(c3OC(C)C)Cc3cccc(c3OC(C)C)C4)nn2)cc1)NC(=O)OC(C)(C)C. The minimum Gasteiger partial charge on any atom is -0.490 e. The zero-order valence-electron chi connectivity index (χ0n) is 66.5. The molecule has 0 spiro atoms. The van der Waals surface area contributed by atoms with Gasteiger partial charge in [-0.3, -0.25) is 9.59 Å². The number of nitrogens with zero attached hydrogens (tertiary/aromatic N) is 6. The molecule has 0 saturated heterocycles. The second-order valence-corrected chi connectivity index (χ2v) is 30.7. The minimum atomic E-state index is -1.08. The molecule has 2 heterocycles. The van der Waals surface area contributed by atoms with E-state index in [0.29, 0.717) is 72.8 Å². The van der Waals surface area contributed by atoms with Crippen LogP contribution in [0.3, 0.4) is 0 Å². The van der Waals surface area contributed by atoms with Crippen molar-refractivity contribution in [2.45, 2.75) is 235 Å². The molecule has 110 heavy (non-hydrogen) atoms. The summed E-state index contributed by atoms with van der Waals surface area (Å²) in [7, 11) is 2.46. The summed E-state index contributed by atoms with van der Waals surface area (Å²) in [6.45, 7) is 30.6. The van der Waals surface area contributed by atoms with Crippen molar-refractivity contribution < 1.29 is 76.1 Å². The van der Waals surface area contributed by atoms with Crippen LogP contribution in [0, 0.1) is 0 Å². The highest BCUT2D eigenvalue weighted by Crippen LogP contribution is 2.41. The number of benzene rings is 6. The van der Waals surface area contributed by atoms with Crippen molar-refractivity contribution >= 4 is 35.9 Å². The van der Waals surface area contributed by atoms with Gasteiger partial charge in [0.15, 0.2) is 0 Å². The van der Waals surface area contributed by atoms with Crippen LogP contribution in [0.1, 0.15) is 189 Å². The van der Waals surface area contributed by atoms with Gasteiger partial charge in [-0.15, -0.1) is 10.2 Å². The first kappa shape index (κ1) is 82.9. The molecule has 8 aromatic rings. The first-order chi connectivity index (χ1) is 52.1. The maximum atomic E-state index is 13.4. The molecule has 0 fully saturated rings. The smallest absolute Gasteiger partial charge is 0.408 e. The number of carbonyl (C=O) groups is 6. The lowest BCUT2D eigenvalue weighted by Crippen LogP contribution is -2.52. The molecule has 2 aromatic heterocycles. The quantitative estimate of drug-likeness (QED) is 0.0240. The minimum absolute atomic E-state index is 0.0863. The van der Waals surface area contributed by atoms with Crippen molar-refractivity contribution in [3.05, 3.63) is 200 Å². The summed E-state index contributed by atoms with van der Waals surface area (Å²) >= 11 is 0. The summed E-state index contributed by atoms with van der Waals surface area (Å²) in [4.78, 5) is 77.0. The Kier molecular flexibility index (Phi) is 28.1. The number of hydrogen-bond donors (Lipinski definition) is 4. The Bertz CT molecular complexity index is 4120. The number of esters is 2. The Labute approximate surface area is 644 Å². The van der Waals surface area contributed by atoms with Gasteiger partial charge < -0.3 is 68.6 Å². The van der Waals surface area contributed by atoms with Gasteiger partial charge in [0.2, 0.25) is 11.8 Å². The fraction of sp³-hybridized carbons (Fsp3) is 0.452. The van der Waals surface area contributed by atoms with E-state index in [-0.39, 0.29) is 50.5 Å². The van der Waals surface area contributed by atoms with Crippen molar-refractivity contribution in [2.75, 3.05) is 14.2 Å². The Morgan fingerprint density at radius 1 is 0.409 bits per heavy atom.